The van der Waals surface area contributed by atoms with Gasteiger partial charge in [-0.25, -0.2) is 4.98 Å². The highest BCUT2D eigenvalue weighted by molar-refractivity contribution is 7.98. The van der Waals surface area contributed by atoms with Gasteiger partial charge in [-0.05, 0) is 89.4 Å². The van der Waals surface area contributed by atoms with Gasteiger partial charge < -0.3 is 103 Å². The van der Waals surface area contributed by atoms with E-state index in [9.17, 15) is 120 Å². The number of rotatable bonds is 31. The lowest BCUT2D eigenvalue weighted by Crippen LogP contribution is -2.32. The van der Waals surface area contributed by atoms with Crippen molar-refractivity contribution in [2.75, 3.05) is 88.4 Å². The molecule has 0 spiro atoms. The first-order valence-electron chi connectivity index (χ1n) is 43.9. The van der Waals surface area contributed by atoms with Crippen molar-refractivity contribution in [2.24, 2.45) is 77.0 Å². The SMILES string of the molecule is C=C1CC(=O)C(Cc2ccc(OC)cc2)N1.CCC(=O)CC1CC(=O)OC1=O.CN=C(N)NCCCC1CC(=O)OC1=O.CNC(=O)CCC1CC(=O)OC1=O.CNCCCCC1CC(=O)OC1=O.COC(=O)CC1CC(=O)OC1=O.COC(=O)CCC1CC(=O)OC1=O.COC(C)C1CC(=O)OC1=O.COCC1CC(=O)OC1=O.CSCC1CC(=O)OC1=O.Cn1cnc(CC2CC(=O)OC2=O)c1. The fourth-order valence-corrected chi connectivity index (χ4v) is 13.9. The highest BCUT2D eigenvalue weighted by Crippen LogP contribution is 2.29. The molecule has 0 radical (unpaired) electrons. The predicted octanol–water partition coefficient (Wildman–Crippen LogP) is 1.58. The van der Waals surface area contributed by atoms with Crippen LogP contribution in [-0.2, 0) is 206 Å². The van der Waals surface area contributed by atoms with Crippen molar-refractivity contribution < 1.29 is 191 Å². The Morgan fingerprint density at radius 1 is 0.518 bits per heavy atom. The second kappa shape index (κ2) is 63.8. The number of imidazole rings is 1. The zero-order valence-corrected chi connectivity index (χ0v) is 80.1. The summed E-state index contributed by atoms with van der Waals surface area (Å²) in [4.78, 5) is 277. The Morgan fingerprint density at radius 3 is 1.29 bits per heavy atom. The van der Waals surface area contributed by atoms with E-state index in [1.165, 1.54) is 35.5 Å². The van der Waals surface area contributed by atoms with Gasteiger partial charge in [-0.15, -0.1) is 0 Å². The first kappa shape index (κ1) is 120. The van der Waals surface area contributed by atoms with Crippen molar-refractivity contribution >= 4 is 167 Å². The molecule has 12 heterocycles. The Kier molecular flexibility index (Phi) is 54.8. The molecule has 1 aromatic carbocycles. The van der Waals surface area contributed by atoms with Crippen LogP contribution in [0, 0.1) is 59.2 Å². The van der Waals surface area contributed by atoms with Crippen LogP contribution in [-0.4, -0.2) is 265 Å². The van der Waals surface area contributed by atoms with Crippen LogP contribution in [0.1, 0.15) is 173 Å². The molecule has 139 heavy (non-hydrogen) atoms. The Labute approximate surface area is 802 Å². The average Bonchev–Trinajstić information content (AvgIpc) is 1.69. The Balaban J connectivity index is 0.000000394. The van der Waals surface area contributed by atoms with Crippen molar-refractivity contribution in [2.45, 2.75) is 187 Å². The summed E-state index contributed by atoms with van der Waals surface area (Å²) in [6, 6.07) is 7.66. The van der Waals surface area contributed by atoms with Crippen molar-refractivity contribution in [3.05, 3.63) is 60.3 Å². The van der Waals surface area contributed by atoms with E-state index in [0.29, 0.717) is 63.2 Å². The number of aromatic nitrogens is 2. The summed E-state index contributed by atoms with van der Waals surface area (Å²) in [7, 11) is 14.0. The molecule has 766 valence electrons. The number of amides is 1. The maximum absolute atomic E-state index is 11.6. The molecule has 11 fully saturated rings. The third kappa shape index (κ3) is 46.4. The number of aryl methyl sites for hydroxylation is 1. The molecule has 0 aliphatic carbocycles. The number of nitrogens with one attached hydrogen (secondary N) is 4. The largest absolute Gasteiger partial charge is 0.497 e. The normalized spacial score (nSPS) is 22.4. The summed E-state index contributed by atoms with van der Waals surface area (Å²) < 4.78 is 68.6. The second-order valence-corrected chi connectivity index (χ2v) is 32.8. The topological polar surface area (TPSA) is 670 Å². The smallest absolute Gasteiger partial charge is 0.319 e. The number of nitrogens with two attached hydrogens (primary N) is 1. The van der Waals surface area contributed by atoms with Gasteiger partial charge in [0.2, 0.25) is 5.91 Å². The molecule has 0 bridgehead atoms. The van der Waals surface area contributed by atoms with Gasteiger partial charge >= 0.3 is 131 Å². The average molecular weight is 1990 g/mol. The minimum atomic E-state index is -0.648. The van der Waals surface area contributed by atoms with Crippen LogP contribution in [0.5, 0.6) is 5.75 Å². The standard InChI is InChI=1S/C13H15NO2.C9H15N3O3.C9H10N2O3.C9H15NO3.C8H11NO4.C8H10O5.C8H10O4.C7H8O5.C7H10O4.C6H8O4.C6H8O3S/c1-9-7-13(15)12(14-9)8-10-3-5-11(16-2)6-4-10;1-11-9(10)12-4-2-3-6-5-7(13)15-8(6)14;1-11-4-7(10-5-11)2-6-3-8(12)14-9(6)13;1-10-5-3-2-4-7-6-8(11)13-9(7)12;1-9-6(10)3-2-5-4-7(11)13-8(5)12;1-12-6(9)3-2-5-4-7(10)13-8(5)11;1-2-6(9)3-5-4-7(10)12-8(5)11;1-11-5(8)2-4-3-6(9)12-7(4)10;1-4(10-2)5-3-6(8)11-7(5)9;1-9-3-4-2-5(7)10-6(4)8;1-10-3-4-2-5(7)9-6(4)8/h3-6,12,14H,1,7-8H2,2H3;6H,2-5H2,1H3,(H3,10,11,12);4-6H,2-3H2,1H3;7,10H,2-6H2,1H3;5H,2-4H2,1H3,(H,9,10);5H,2-4H2,1H3;5H,2-4H2,1H3;4H,2-3H2,1H3;4-5H,3H2,1-2H3;2*4H,2-3H2,1H3. The Hall–Kier alpha value is -13.6. The second-order valence-electron chi connectivity index (χ2n) is 31.9. The van der Waals surface area contributed by atoms with Gasteiger partial charge in [0, 0.05) is 98.1 Å². The molecule has 6 N–H and O–H groups in total. The van der Waals surface area contributed by atoms with E-state index >= 15 is 0 Å². The number of ether oxygens (including phenoxy) is 15. The highest BCUT2D eigenvalue weighted by Gasteiger charge is 2.42. The van der Waals surface area contributed by atoms with E-state index in [1.54, 1.807) is 50.7 Å². The van der Waals surface area contributed by atoms with Crippen LogP contribution in [0.3, 0.4) is 0 Å². The summed E-state index contributed by atoms with van der Waals surface area (Å²) in [5.74, 6) is -12.1. The molecule has 13 rings (SSSR count). The first-order chi connectivity index (χ1) is 65.8. The van der Waals surface area contributed by atoms with E-state index < -0.39 is 131 Å². The zero-order valence-electron chi connectivity index (χ0n) is 79.3. The third-order valence-corrected chi connectivity index (χ3v) is 21.9. The number of carbonyl (C=O) groups is 25. The number of ketones is 2. The number of benzene rings is 1. The first-order valence-corrected chi connectivity index (χ1v) is 45.2. The number of allylic oxidation sites excluding steroid dienone is 1. The van der Waals surface area contributed by atoms with Crippen molar-refractivity contribution in [3.8, 4) is 5.75 Å². The lowest BCUT2D eigenvalue weighted by molar-refractivity contribution is -0.156. The van der Waals surface area contributed by atoms with Gasteiger partial charge in [0.1, 0.15) is 11.5 Å². The van der Waals surface area contributed by atoms with Gasteiger partial charge in [0.05, 0.1) is 182 Å². The van der Waals surface area contributed by atoms with Gasteiger partial charge in [-0.3, -0.25) is 125 Å². The fourth-order valence-electron chi connectivity index (χ4n) is 13.3. The summed E-state index contributed by atoms with van der Waals surface area (Å²) in [6.45, 7) is 9.10. The summed E-state index contributed by atoms with van der Waals surface area (Å²) in [6.07, 6.45) is 14.0. The Morgan fingerprint density at radius 2 is 0.928 bits per heavy atom. The number of Topliss-reactive ketones (excluding diaryl/α,β-unsaturated/α-hetero) is 2. The number of methoxy groups -OCH3 is 5. The van der Waals surface area contributed by atoms with Gasteiger partial charge in [0.15, 0.2) is 11.7 Å². The number of nitrogens with zero attached hydrogens (tertiary/aromatic N) is 3. The number of unbranched alkanes of at least 4 members (excludes halogenated alkanes) is 1. The summed E-state index contributed by atoms with van der Waals surface area (Å²) >= 11 is 1.55. The zero-order chi connectivity index (χ0) is 104. The number of guanidine groups is 1. The van der Waals surface area contributed by atoms with Crippen molar-refractivity contribution in [1.82, 2.24) is 30.8 Å². The number of hydrogen-bond acceptors (Lipinski definition) is 45. The molecule has 1 amide bonds. The quantitative estimate of drug-likeness (QED) is 0.0179. The number of cyclic esters (lactones) is 20. The minimum Gasteiger partial charge on any atom is -0.497 e. The van der Waals surface area contributed by atoms with E-state index in [2.05, 4.69) is 94.7 Å². The lowest BCUT2D eigenvalue weighted by atomic mass is 10.0. The molecule has 48 nitrogen and oxygen atoms in total. The molecule has 12 atom stereocenters. The molecule has 1 aromatic heterocycles. The number of thioether (sulfide) groups is 1. The van der Waals surface area contributed by atoms with Crippen LogP contribution in [0.25, 0.3) is 0 Å². The van der Waals surface area contributed by atoms with Crippen LogP contribution in [0.4, 0.5) is 0 Å². The molecule has 49 heteroatoms. The van der Waals surface area contributed by atoms with Gasteiger partial charge in [-0.1, -0.05) is 32.1 Å². The molecule has 11 aliphatic heterocycles. The number of hydrogen-bond donors (Lipinski definition) is 5. The van der Waals surface area contributed by atoms with E-state index in [4.69, 9.17) is 19.9 Å². The van der Waals surface area contributed by atoms with Crippen LogP contribution in [0.2, 0.25) is 0 Å². The molecule has 11 saturated heterocycles. The fraction of sp³-hybridized carbons (Fsp3) is 0.589. The highest BCUT2D eigenvalue weighted by atomic mass is 32.2. The summed E-state index contributed by atoms with van der Waals surface area (Å²) in [5.41, 5.74) is 8.17. The molecular weight excluding hydrogens is 1870 g/mol. The predicted molar refractivity (Wildman–Crippen MR) is 472 cm³/mol. The van der Waals surface area contributed by atoms with E-state index in [1.807, 2.05) is 50.8 Å². The number of esters is 22. The minimum absolute atomic E-state index is 0.00773. The van der Waals surface area contributed by atoms with Crippen LogP contribution in [0.15, 0.2) is 54.1 Å². The molecule has 12 unspecified atom stereocenters. The van der Waals surface area contributed by atoms with Crippen molar-refractivity contribution in [1.29, 1.82) is 0 Å². The van der Waals surface area contributed by atoms with E-state index in [-0.39, 0.29) is 186 Å². The molecular formula is C90H120N8O40S. The van der Waals surface area contributed by atoms with Crippen molar-refractivity contribution in [3.63, 3.8) is 0 Å². The third-order valence-electron chi connectivity index (χ3n) is 21.1. The van der Waals surface area contributed by atoms with Gasteiger partial charge in [0.25, 0.3) is 0 Å². The maximum Gasteiger partial charge on any atom is 0.319 e. The van der Waals surface area contributed by atoms with Crippen LogP contribution >= 0.6 is 11.8 Å². The van der Waals surface area contributed by atoms with Crippen LogP contribution < -0.4 is 31.7 Å². The molecule has 0 saturated carbocycles. The number of carbonyl (C=O) groups excluding carboxylic acids is 25. The molecule has 11 aliphatic rings. The molecule has 2 aromatic rings. The number of aliphatic imine (C=N–C) groups is 1. The summed E-state index contributed by atoms with van der Waals surface area (Å²) in [5, 5.41) is 11.4. The van der Waals surface area contributed by atoms with E-state index in [0.717, 1.165) is 54.9 Å². The monoisotopic (exact) mass is 1980 g/mol. The van der Waals surface area contributed by atoms with Gasteiger partial charge in [-0.2, -0.15) is 11.8 Å². The lowest BCUT2D eigenvalue weighted by Gasteiger charge is -2.11. The maximum atomic E-state index is 11.6. The Bertz CT molecular complexity index is 4610.